The molecular weight excluding hydrogens is 328 g/mol. The summed E-state index contributed by atoms with van der Waals surface area (Å²) in [5.41, 5.74) is 2.28. The summed E-state index contributed by atoms with van der Waals surface area (Å²) in [6.07, 6.45) is 1.57. The number of nitrogens with zero attached hydrogens (tertiary/aromatic N) is 1. The van der Waals surface area contributed by atoms with Crippen molar-refractivity contribution >= 4 is 33.3 Å². The molecule has 0 atom stereocenters. The average Bonchev–Trinajstić information content (AvgIpc) is 2.93. The van der Waals surface area contributed by atoms with Crippen LogP contribution in [0.5, 0.6) is 5.75 Å². The van der Waals surface area contributed by atoms with E-state index in [1.807, 2.05) is 36.0 Å². The van der Waals surface area contributed by atoms with E-state index in [4.69, 9.17) is 9.72 Å². The van der Waals surface area contributed by atoms with Crippen molar-refractivity contribution in [1.82, 2.24) is 9.97 Å². The third-order valence-corrected chi connectivity index (χ3v) is 6.32. The highest BCUT2D eigenvalue weighted by Crippen LogP contribution is 2.35. The Morgan fingerprint density at radius 1 is 1.39 bits per heavy atom. The van der Waals surface area contributed by atoms with E-state index in [2.05, 4.69) is 4.98 Å². The fourth-order valence-corrected chi connectivity index (χ4v) is 5.31. The van der Waals surface area contributed by atoms with Gasteiger partial charge < -0.3 is 9.72 Å². The highest BCUT2D eigenvalue weighted by atomic mass is 32.2. The lowest BCUT2D eigenvalue weighted by Crippen LogP contribution is -2.13. The lowest BCUT2D eigenvalue weighted by atomic mass is 10.1. The van der Waals surface area contributed by atoms with Gasteiger partial charge in [-0.15, -0.1) is 11.3 Å². The summed E-state index contributed by atoms with van der Waals surface area (Å²) in [5, 5.41) is 0.805. The number of benzene rings is 1. The maximum absolute atomic E-state index is 12.5. The van der Waals surface area contributed by atoms with Crippen LogP contribution in [-0.4, -0.2) is 22.8 Å². The number of rotatable bonds is 3. The molecule has 0 unspecified atom stereocenters. The molecule has 23 heavy (non-hydrogen) atoms. The van der Waals surface area contributed by atoms with Gasteiger partial charge in [-0.05, 0) is 35.4 Å². The summed E-state index contributed by atoms with van der Waals surface area (Å²) < 4.78 is 5.25. The van der Waals surface area contributed by atoms with Crippen LogP contribution in [0.3, 0.4) is 0 Å². The number of hydrogen-bond acceptors (Lipinski definition) is 5. The molecule has 0 amide bonds. The maximum Gasteiger partial charge on any atom is 0.259 e. The summed E-state index contributed by atoms with van der Waals surface area (Å²) >= 11 is 3.60. The summed E-state index contributed by atoms with van der Waals surface area (Å²) in [5.74, 6) is 3.61. The summed E-state index contributed by atoms with van der Waals surface area (Å²) in [6, 6.07) is 7.85. The van der Waals surface area contributed by atoms with Crippen LogP contribution in [0.25, 0.3) is 10.2 Å². The van der Waals surface area contributed by atoms with E-state index in [0.717, 1.165) is 39.5 Å². The minimum Gasteiger partial charge on any atom is -0.497 e. The van der Waals surface area contributed by atoms with Crippen LogP contribution in [0, 0.1) is 0 Å². The van der Waals surface area contributed by atoms with E-state index in [1.54, 1.807) is 18.4 Å². The Balaban J connectivity index is 1.75. The van der Waals surface area contributed by atoms with Gasteiger partial charge in [-0.2, -0.15) is 11.8 Å². The Morgan fingerprint density at radius 3 is 3.17 bits per heavy atom. The number of aromatic amines is 1. The van der Waals surface area contributed by atoms with Crippen LogP contribution >= 0.6 is 23.1 Å². The molecule has 1 aliphatic rings. The fraction of sp³-hybridized carbons (Fsp3) is 0.294. The van der Waals surface area contributed by atoms with E-state index in [0.29, 0.717) is 12.2 Å². The lowest BCUT2D eigenvalue weighted by Gasteiger charge is -2.09. The zero-order chi connectivity index (χ0) is 15.8. The second-order valence-corrected chi connectivity index (χ2v) is 7.72. The number of thioether (sulfide) groups is 1. The number of aromatic nitrogens is 2. The summed E-state index contributed by atoms with van der Waals surface area (Å²) in [7, 11) is 1.65. The van der Waals surface area contributed by atoms with Crippen LogP contribution in [0.4, 0.5) is 0 Å². The van der Waals surface area contributed by atoms with Gasteiger partial charge in [0.1, 0.15) is 16.4 Å². The third-order valence-electron chi connectivity index (χ3n) is 4.03. The van der Waals surface area contributed by atoms with Gasteiger partial charge in [-0.25, -0.2) is 4.98 Å². The Hall–Kier alpha value is -1.79. The smallest absolute Gasteiger partial charge is 0.259 e. The zero-order valence-electron chi connectivity index (χ0n) is 12.7. The zero-order valence-corrected chi connectivity index (χ0v) is 14.4. The molecule has 0 saturated heterocycles. The van der Waals surface area contributed by atoms with Crippen LogP contribution < -0.4 is 10.3 Å². The summed E-state index contributed by atoms with van der Waals surface area (Å²) in [6.45, 7) is 0. The van der Waals surface area contributed by atoms with Crippen molar-refractivity contribution in [2.45, 2.75) is 18.6 Å². The summed E-state index contributed by atoms with van der Waals surface area (Å²) in [4.78, 5) is 22.4. The van der Waals surface area contributed by atoms with Gasteiger partial charge in [0.25, 0.3) is 5.56 Å². The van der Waals surface area contributed by atoms with Crippen molar-refractivity contribution in [3.63, 3.8) is 0 Å². The molecule has 4 nitrogen and oxygen atoms in total. The van der Waals surface area contributed by atoms with Crippen molar-refractivity contribution in [2.24, 2.45) is 0 Å². The second-order valence-electron chi connectivity index (χ2n) is 5.53. The number of ether oxygens (including phenoxy) is 1. The van der Waals surface area contributed by atoms with Crippen LogP contribution in [0.1, 0.15) is 21.8 Å². The SMILES string of the molecule is COc1cccc(Cc2nc3sc4c(c3c(=O)[nH]2)CCSC4)c1. The van der Waals surface area contributed by atoms with Gasteiger partial charge in [0.2, 0.25) is 0 Å². The van der Waals surface area contributed by atoms with Crippen molar-refractivity contribution in [2.75, 3.05) is 12.9 Å². The normalized spacial score (nSPS) is 14.0. The molecule has 0 bridgehead atoms. The highest BCUT2D eigenvalue weighted by molar-refractivity contribution is 7.98. The van der Waals surface area contributed by atoms with Crippen molar-refractivity contribution in [3.05, 3.63) is 56.4 Å². The Labute approximate surface area is 141 Å². The molecule has 0 radical (unpaired) electrons. The van der Waals surface area contributed by atoms with Gasteiger partial charge >= 0.3 is 0 Å². The lowest BCUT2D eigenvalue weighted by molar-refractivity contribution is 0.414. The van der Waals surface area contributed by atoms with E-state index in [-0.39, 0.29) is 5.56 Å². The highest BCUT2D eigenvalue weighted by Gasteiger charge is 2.20. The largest absolute Gasteiger partial charge is 0.497 e. The number of hydrogen-bond donors (Lipinski definition) is 1. The molecule has 3 aromatic rings. The Bertz CT molecular complexity index is 930. The molecule has 0 saturated carbocycles. The average molecular weight is 344 g/mol. The molecule has 1 aromatic carbocycles. The van der Waals surface area contributed by atoms with Gasteiger partial charge in [0.15, 0.2) is 0 Å². The minimum atomic E-state index is -0.00250. The van der Waals surface area contributed by atoms with Crippen molar-refractivity contribution < 1.29 is 4.74 Å². The fourth-order valence-electron chi connectivity index (χ4n) is 2.93. The van der Waals surface area contributed by atoms with Gasteiger partial charge in [0.05, 0.1) is 12.5 Å². The standard InChI is InChI=1S/C17H16N2O2S2/c1-21-11-4-2-3-10(7-11)8-14-18-16(20)15-12-5-6-22-9-13(12)23-17(15)19-14/h2-4,7H,5-6,8-9H2,1H3,(H,18,19,20). The molecule has 118 valence electrons. The quantitative estimate of drug-likeness (QED) is 0.791. The third kappa shape index (κ3) is 2.77. The molecule has 0 aliphatic carbocycles. The Kier molecular flexibility index (Phi) is 3.87. The van der Waals surface area contributed by atoms with Crippen LogP contribution in [-0.2, 0) is 18.6 Å². The number of H-pyrrole nitrogens is 1. The van der Waals surface area contributed by atoms with Gasteiger partial charge in [0, 0.05) is 17.1 Å². The molecule has 4 rings (SSSR count). The van der Waals surface area contributed by atoms with Gasteiger partial charge in [-0.1, -0.05) is 12.1 Å². The molecule has 6 heteroatoms. The number of aryl methyl sites for hydroxylation is 1. The topological polar surface area (TPSA) is 55.0 Å². The van der Waals surface area contributed by atoms with E-state index in [9.17, 15) is 4.79 Å². The van der Waals surface area contributed by atoms with Crippen LogP contribution in [0.2, 0.25) is 0 Å². The first-order valence-corrected chi connectivity index (χ1v) is 9.46. The number of nitrogens with one attached hydrogen (secondary N) is 1. The molecular formula is C17H16N2O2S2. The predicted octanol–water partition coefficient (Wildman–Crippen LogP) is 3.37. The first kappa shape index (κ1) is 14.8. The molecule has 3 heterocycles. The van der Waals surface area contributed by atoms with Crippen molar-refractivity contribution in [3.8, 4) is 5.75 Å². The first-order valence-electron chi connectivity index (χ1n) is 7.48. The molecule has 1 N–H and O–H groups in total. The van der Waals surface area contributed by atoms with Crippen molar-refractivity contribution in [1.29, 1.82) is 0 Å². The first-order chi connectivity index (χ1) is 11.2. The second kappa shape index (κ2) is 6.02. The monoisotopic (exact) mass is 344 g/mol. The minimum absolute atomic E-state index is 0.00250. The molecule has 2 aromatic heterocycles. The number of fused-ring (bicyclic) bond motifs is 3. The molecule has 1 aliphatic heterocycles. The number of thiophene rings is 1. The van der Waals surface area contributed by atoms with Gasteiger partial charge in [-0.3, -0.25) is 4.79 Å². The number of methoxy groups -OCH3 is 1. The molecule has 0 fully saturated rings. The predicted molar refractivity (Wildman–Crippen MR) is 95.9 cm³/mol. The molecule has 0 spiro atoms. The van der Waals surface area contributed by atoms with Crippen LogP contribution in [0.15, 0.2) is 29.1 Å². The Morgan fingerprint density at radius 2 is 2.30 bits per heavy atom. The van der Waals surface area contributed by atoms with E-state index >= 15 is 0 Å². The maximum atomic E-state index is 12.5. The van der Waals surface area contributed by atoms with E-state index < -0.39 is 0 Å². The van der Waals surface area contributed by atoms with E-state index in [1.165, 1.54) is 10.4 Å².